The van der Waals surface area contributed by atoms with Crippen LogP contribution in [-0.4, -0.2) is 18.8 Å². The van der Waals surface area contributed by atoms with E-state index < -0.39 is 17.8 Å². The van der Waals surface area contributed by atoms with Crippen molar-refractivity contribution >= 4 is 17.7 Å². The number of carbonyl (C=O) groups excluding carboxylic acids is 1. The van der Waals surface area contributed by atoms with Crippen molar-refractivity contribution in [3.63, 3.8) is 0 Å². The van der Waals surface area contributed by atoms with Gasteiger partial charge in [-0.05, 0) is 17.7 Å². The van der Waals surface area contributed by atoms with E-state index in [4.69, 9.17) is 9.15 Å². The van der Waals surface area contributed by atoms with Gasteiger partial charge < -0.3 is 9.15 Å². The zero-order valence-electron chi connectivity index (χ0n) is 12.5. The molecular weight excluding hydrogens is 324 g/mol. The Hall–Kier alpha value is -1.86. The van der Waals surface area contributed by atoms with Crippen LogP contribution in [0.25, 0.3) is 0 Å². The number of hydrogen-bond acceptors (Lipinski definition) is 5. The molecule has 0 bridgehead atoms. The van der Waals surface area contributed by atoms with Crippen molar-refractivity contribution in [2.75, 3.05) is 7.11 Å². The molecular formula is C16H17F2NO3S. The third-order valence-corrected chi connectivity index (χ3v) is 3.82. The average molecular weight is 341 g/mol. The predicted octanol–water partition coefficient (Wildman–Crippen LogP) is 3.74. The number of thioether (sulfide) groups is 1. The van der Waals surface area contributed by atoms with Gasteiger partial charge in [-0.25, -0.2) is 4.79 Å². The molecule has 0 radical (unpaired) electrons. The van der Waals surface area contributed by atoms with Crippen molar-refractivity contribution in [3.05, 3.63) is 59.5 Å². The lowest BCUT2D eigenvalue weighted by atomic mass is 10.1. The van der Waals surface area contributed by atoms with Gasteiger partial charge in [-0.3, -0.25) is 5.32 Å². The number of rotatable bonds is 8. The van der Waals surface area contributed by atoms with Crippen LogP contribution in [0.5, 0.6) is 0 Å². The second-order valence-corrected chi connectivity index (χ2v) is 5.67. The summed E-state index contributed by atoms with van der Waals surface area (Å²) in [6.07, 6.45) is 0. The highest BCUT2D eigenvalue weighted by molar-refractivity contribution is 7.98. The number of halogens is 2. The first-order valence-electron chi connectivity index (χ1n) is 6.93. The normalized spacial score (nSPS) is 12.3. The Balaban J connectivity index is 1.97. The summed E-state index contributed by atoms with van der Waals surface area (Å²) in [7, 11) is 1.33. The van der Waals surface area contributed by atoms with Gasteiger partial charge in [0, 0.05) is 0 Å². The van der Waals surface area contributed by atoms with Crippen molar-refractivity contribution in [3.8, 4) is 0 Å². The maximum absolute atomic E-state index is 12.2. The van der Waals surface area contributed by atoms with Gasteiger partial charge in [0.1, 0.15) is 17.6 Å². The first kappa shape index (κ1) is 17.5. The fourth-order valence-electron chi connectivity index (χ4n) is 2.04. The van der Waals surface area contributed by atoms with Crippen LogP contribution in [0.3, 0.4) is 0 Å². The van der Waals surface area contributed by atoms with Crippen LogP contribution in [0.15, 0.2) is 46.9 Å². The molecule has 4 nitrogen and oxygen atoms in total. The van der Waals surface area contributed by atoms with Crippen molar-refractivity contribution in [1.29, 1.82) is 0 Å². The first-order chi connectivity index (χ1) is 11.1. The van der Waals surface area contributed by atoms with Gasteiger partial charge in [-0.2, -0.15) is 8.78 Å². The van der Waals surface area contributed by atoms with E-state index in [0.29, 0.717) is 23.3 Å². The molecule has 1 unspecified atom stereocenters. The summed E-state index contributed by atoms with van der Waals surface area (Å²) >= 11 is 0.506. The van der Waals surface area contributed by atoms with Crippen LogP contribution in [0.4, 0.5) is 8.78 Å². The molecule has 1 atom stereocenters. The molecule has 0 amide bonds. The molecule has 2 aromatic rings. The number of furan rings is 1. The number of esters is 1. The van der Waals surface area contributed by atoms with Crippen molar-refractivity contribution in [2.45, 2.75) is 24.1 Å². The number of methoxy groups -OCH3 is 1. The van der Waals surface area contributed by atoms with Crippen molar-refractivity contribution in [1.82, 2.24) is 5.32 Å². The Labute approximate surface area is 137 Å². The summed E-state index contributed by atoms with van der Waals surface area (Å²) in [6.45, 7) is 0.286. The molecule has 0 saturated carbocycles. The van der Waals surface area contributed by atoms with E-state index >= 15 is 0 Å². The highest BCUT2D eigenvalue weighted by atomic mass is 32.2. The van der Waals surface area contributed by atoms with E-state index in [-0.39, 0.29) is 12.3 Å². The molecule has 0 spiro atoms. The maximum Gasteiger partial charge on any atom is 0.327 e. The topological polar surface area (TPSA) is 51.5 Å². The fraction of sp³-hybridized carbons (Fsp3) is 0.312. The number of hydrogen-bond donors (Lipinski definition) is 1. The second-order valence-electron chi connectivity index (χ2n) is 4.69. The average Bonchev–Trinajstić information content (AvgIpc) is 3.01. The minimum absolute atomic E-state index is 0.108. The summed E-state index contributed by atoms with van der Waals surface area (Å²) in [5.41, 5.74) is 0.777. The summed E-state index contributed by atoms with van der Waals surface area (Å²) in [5, 5.41) is 3.06. The molecule has 7 heteroatoms. The van der Waals surface area contributed by atoms with Crippen LogP contribution in [0.1, 0.15) is 23.1 Å². The maximum atomic E-state index is 12.2. The third-order valence-electron chi connectivity index (χ3n) is 3.12. The second kappa shape index (κ2) is 8.69. The van der Waals surface area contributed by atoms with Crippen LogP contribution in [0, 0.1) is 0 Å². The summed E-state index contributed by atoms with van der Waals surface area (Å²) in [6, 6.07) is 11.9. The highest BCUT2D eigenvalue weighted by Crippen LogP contribution is 2.22. The zero-order valence-corrected chi connectivity index (χ0v) is 13.3. The largest absolute Gasteiger partial charge is 0.468 e. The van der Waals surface area contributed by atoms with Gasteiger partial charge in [0.2, 0.25) is 0 Å². The van der Waals surface area contributed by atoms with Gasteiger partial charge in [0.25, 0.3) is 5.76 Å². The van der Waals surface area contributed by atoms with Crippen LogP contribution in [0.2, 0.25) is 0 Å². The molecule has 0 fully saturated rings. The molecule has 23 heavy (non-hydrogen) atoms. The lowest BCUT2D eigenvalue weighted by molar-refractivity contribution is -0.143. The monoisotopic (exact) mass is 341 g/mol. The van der Waals surface area contributed by atoms with Gasteiger partial charge in [0.05, 0.1) is 19.4 Å². The molecule has 0 aliphatic carbocycles. The zero-order chi connectivity index (χ0) is 16.7. The van der Waals surface area contributed by atoms with E-state index in [1.54, 1.807) is 12.1 Å². The molecule has 1 N–H and O–H groups in total. The Morgan fingerprint density at radius 2 is 1.91 bits per heavy atom. The van der Waals surface area contributed by atoms with Crippen LogP contribution in [-0.2, 0) is 21.8 Å². The molecule has 124 valence electrons. The summed E-state index contributed by atoms with van der Waals surface area (Å²) in [4.78, 5) is 11.9. The van der Waals surface area contributed by atoms with Gasteiger partial charge in [0.15, 0.2) is 0 Å². The fourth-order valence-corrected chi connectivity index (χ4v) is 2.49. The van der Waals surface area contributed by atoms with E-state index in [2.05, 4.69) is 5.32 Å². The molecule has 0 aliphatic heterocycles. The van der Waals surface area contributed by atoms with Crippen molar-refractivity contribution < 1.29 is 22.7 Å². The molecule has 1 aromatic heterocycles. The van der Waals surface area contributed by atoms with Crippen LogP contribution < -0.4 is 5.32 Å². The number of ether oxygens (including phenoxy) is 1. The van der Waals surface area contributed by atoms with Crippen molar-refractivity contribution in [2.24, 2.45) is 0 Å². The highest BCUT2D eigenvalue weighted by Gasteiger charge is 2.21. The number of nitrogens with one attached hydrogen (secondary N) is 1. The minimum Gasteiger partial charge on any atom is -0.468 e. The number of benzene rings is 1. The van der Waals surface area contributed by atoms with Gasteiger partial charge in [-0.1, -0.05) is 42.1 Å². The SMILES string of the molecule is COC(=O)C(NCc1ccc(CSC(F)F)o1)c1ccccc1. The third kappa shape index (κ3) is 5.37. The molecule has 0 aliphatic rings. The Morgan fingerprint density at radius 1 is 1.22 bits per heavy atom. The number of alkyl halides is 2. The molecule has 0 saturated heterocycles. The van der Waals surface area contributed by atoms with Gasteiger partial charge in [-0.15, -0.1) is 0 Å². The minimum atomic E-state index is -2.43. The lowest BCUT2D eigenvalue weighted by Gasteiger charge is -2.16. The molecule has 1 aromatic carbocycles. The van der Waals surface area contributed by atoms with Crippen LogP contribution >= 0.6 is 11.8 Å². The predicted molar refractivity (Wildman–Crippen MR) is 84.0 cm³/mol. The van der Waals surface area contributed by atoms with E-state index in [1.165, 1.54) is 7.11 Å². The van der Waals surface area contributed by atoms with Gasteiger partial charge >= 0.3 is 5.97 Å². The lowest BCUT2D eigenvalue weighted by Crippen LogP contribution is -2.29. The van der Waals surface area contributed by atoms with E-state index in [0.717, 1.165) is 5.56 Å². The summed E-state index contributed by atoms with van der Waals surface area (Å²) < 4.78 is 34.6. The van der Waals surface area contributed by atoms with E-state index in [1.807, 2.05) is 30.3 Å². The first-order valence-corrected chi connectivity index (χ1v) is 7.98. The Kier molecular flexibility index (Phi) is 6.61. The number of carbonyl (C=O) groups is 1. The molecule has 1 heterocycles. The Morgan fingerprint density at radius 3 is 2.57 bits per heavy atom. The quantitative estimate of drug-likeness (QED) is 0.741. The van der Waals surface area contributed by atoms with E-state index in [9.17, 15) is 13.6 Å². The summed E-state index contributed by atoms with van der Waals surface area (Å²) in [5.74, 6) is -1.68. The Bertz CT molecular complexity index is 619. The molecule has 2 rings (SSSR count). The smallest absolute Gasteiger partial charge is 0.327 e. The standard InChI is InChI=1S/C16H17F2NO3S/c1-21-15(20)14(11-5-3-2-4-6-11)19-9-12-7-8-13(22-12)10-23-16(17)18/h2-8,14,16,19H,9-10H2,1H3.